The highest BCUT2D eigenvalue weighted by molar-refractivity contribution is 7.89. The molecule has 5 fully saturated rings. The van der Waals surface area contributed by atoms with Crippen LogP contribution < -0.4 is 40.9 Å². The Morgan fingerprint density at radius 3 is 1.16 bits per heavy atom. The lowest BCUT2D eigenvalue weighted by atomic mass is 10.1. The quantitative estimate of drug-likeness (QED) is 0.0310. The van der Waals surface area contributed by atoms with Gasteiger partial charge in [0, 0.05) is 175 Å². The molecule has 714 valence electrons. The van der Waals surface area contributed by atoms with Crippen LogP contribution >= 0.6 is 46.4 Å². The van der Waals surface area contributed by atoms with Crippen molar-refractivity contribution in [2.24, 2.45) is 5.92 Å². The van der Waals surface area contributed by atoms with E-state index in [4.69, 9.17) is 46.4 Å². The van der Waals surface area contributed by atoms with Crippen LogP contribution in [0.15, 0.2) is 123 Å². The lowest BCUT2D eigenvalue weighted by Gasteiger charge is -2.41. The number of anilines is 4. The number of pyridine rings is 4. The Morgan fingerprint density at radius 2 is 0.797 bits per heavy atom. The van der Waals surface area contributed by atoms with Gasteiger partial charge in [-0.05, 0) is 67.8 Å². The number of fused-ring (bicyclic) bond motifs is 4. The monoisotopic (exact) mass is 1980 g/mol. The maximum absolute atomic E-state index is 14.1. The molecule has 5 atom stereocenters. The van der Waals surface area contributed by atoms with Crippen molar-refractivity contribution >= 4 is 153 Å². The van der Waals surface area contributed by atoms with E-state index in [1.807, 2.05) is 22.9 Å². The topological polar surface area (TPSA) is 405 Å². The van der Waals surface area contributed by atoms with Gasteiger partial charge < -0.3 is 65.7 Å². The number of halogens is 19. The molecule has 0 unspecified atom stereocenters. The van der Waals surface area contributed by atoms with Crippen LogP contribution in [-0.2, 0) is 34.0 Å². The normalized spacial score (nSPS) is 18.4. The lowest BCUT2D eigenvalue weighted by Crippen LogP contribution is -2.61. The second-order valence-corrected chi connectivity index (χ2v) is 34.8. The summed E-state index contributed by atoms with van der Waals surface area (Å²) in [6.07, 6.45) is -0.0272. The molecule has 1 aliphatic carbocycles. The number of nitrogens with zero attached hydrogens (tertiary/aromatic N) is 18. The zero-order valence-corrected chi connectivity index (χ0v) is 72.8. The minimum atomic E-state index is -4.66. The first-order chi connectivity index (χ1) is 62.9. The number of hydrogen-bond acceptors (Lipinski definition) is 23. The minimum absolute atomic E-state index is 0. The summed E-state index contributed by atoms with van der Waals surface area (Å²) in [5, 5.41) is 11.6. The summed E-state index contributed by atoms with van der Waals surface area (Å²) < 4.78 is 220. The molecular weight excluding hydrogens is 1900 g/mol. The van der Waals surface area contributed by atoms with Crippen molar-refractivity contribution in [2.75, 3.05) is 104 Å². The molecule has 0 aromatic carbocycles. The van der Waals surface area contributed by atoms with Crippen molar-refractivity contribution in [3.05, 3.63) is 143 Å². The van der Waals surface area contributed by atoms with Gasteiger partial charge in [-0.2, -0.15) is 57.0 Å². The van der Waals surface area contributed by atoms with Crippen molar-refractivity contribution in [3.8, 4) is 45.6 Å². The second kappa shape index (κ2) is 39.8. The zero-order chi connectivity index (χ0) is 95.4. The van der Waals surface area contributed by atoms with Crippen molar-refractivity contribution in [2.45, 2.75) is 106 Å². The van der Waals surface area contributed by atoms with Crippen LogP contribution in [0.5, 0.6) is 0 Å². The van der Waals surface area contributed by atoms with Crippen molar-refractivity contribution in [1.29, 1.82) is 0 Å². The highest BCUT2D eigenvalue weighted by atomic mass is 35.5. The summed E-state index contributed by atoms with van der Waals surface area (Å²) in [7, 11) is -3.68. The van der Waals surface area contributed by atoms with Gasteiger partial charge in [-0.25, -0.2) is 81.4 Å². The van der Waals surface area contributed by atoms with E-state index in [0.717, 1.165) is 22.0 Å². The SMILES string of the molecule is CCCCS(=O)(=O)N1CCN(c2ccnc(-c3c[nH]c4ncc(Cl)cc34)n2)[C@@H](C(=O)NCC(F)(F)F)C1.O=C(NCC(F)(F)F)[C@H]1CC(F)(F)CN1c1ccnc(-c2c[nH]c3ncc(Cl)cc23)n1.O=C(NCC(F)(F)F)[C@H]1CN(C(=O)C2CC2)CCN1c1ccnc(-c2c[nH]c3ncc(Cl)cc23)n1.O=C(NCC(F)(F)F)[C@H]1C[C@H](F)CN1c1ccnc(-c2c[nH]c3ncc(Cl)cc23)n1.[HH].[HH].[HH].[HH]. The van der Waals surface area contributed by atoms with Gasteiger partial charge in [-0.1, -0.05) is 59.7 Å². The number of carbonyl (C=O) groups excluding carboxylic acids is 5. The van der Waals surface area contributed by atoms with E-state index < -0.39 is 134 Å². The van der Waals surface area contributed by atoms with Gasteiger partial charge in [0.1, 0.15) is 102 Å². The highest BCUT2D eigenvalue weighted by Crippen LogP contribution is 2.40. The number of aromatic amines is 4. The van der Waals surface area contributed by atoms with Gasteiger partial charge >= 0.3 is 24.7 Å². The smallest absolute Gasteiger partial charge is 0.345 e. The summed E-state index contributed by atoms with van der Waals surface area (Å²) in [5.74, 6) is -5.44. The van der Waals surface area contributed by atoms with Gasteiger partial charge in [0.25, 0.3) is 5.92 Å². The van der Waals surface area contributed by atoms with Crippen molar-refractivity contribution in [1.82, 2.24) is 110 Å². The highest BCUT2D eigenvalue weighted by Gasteiger charge is 2.50. The van der Waals surface area contributed by atoms with E-state index in [-0.39, 0.29) is 104 Å². The minimum Gasteiger partial charge on any atom is -0.345 e. The average molecular weight is 1980 g/mol. The van der Waals surface area contributed by atoms with Crippen LogP contribution in [-0.4, -0.2) is 272 Å². The first-order valence-corrected chi connectivity index (χ1v) is 43.6. The van der Waals surface area contributed by atoms with Crippen LogP contribution in [0.2, 0.25) is 20.1 Å². The van der Waals surface area contributed by atoms with Gasteiger partial charge in [-0.15, -0.1) is 0 Å². The predicted molar refractivity (Wildman–Crippen MR) is 466 cm³/mol. The molecule has 0 bridgehead atoms. The number of amides is 5. The number of unbranched alkanes of at least 4 members (excludes halogenated alkanes) is 1. The van der Waals surface area contributed by atoms with Gasteiger partial charge in [-0.3, -0.25) is 24.0 Å². The van der Waals surface area contributed by atoms with Crippen LogP contribution in [0.1, 0.15) is 51.2 Å². The molecule has 5 amide bonds. The Kier molecular flexibility index (Phi) is 29.0. The van der Waals surface area contributed by atoms with Crippen molar-refractivity contribution in [3.63, 3.8) is 0 Å². The molecule has 0 radical (unpaired) electrons. The third kappa shape index (κ3) is 24.2. The first-order valence-electron chi connectivity index (χ1n) is 40.5. The summed E-state index contributed by atoms with van der Waals surface area (Å²) in [6, 6.07) is 7.76. The molecule has 53 heteroatoms. The van der Waals surface area contributed by atoms with Gasteiger partial charge in [0.2, 0.25) is 39.6 Å². The van der Waals surface area contributed by atoms with E-state index >= 15 is 0 Å². The fraction of sp³-hybridized carbons (Fsp3) is 0.388. The summed E-state index contributed by atoms with van der Waals surface area (Å²) in [6.45, 7) is -4.90. The predicted octanol–water partition coefficient (Wildman–Crippen LogP) is 13.6. The Hall–Kier alpha value is -12.4. The maximum Gasteiger partial charge on any atom is 0.405 e. The Labute approximate surface area is 768 Å². The number of rotatable bonds is 21. The molecule has 4 saturated heterocycles. The summed E-state index contributed by atoms with van der Waals surface area (Å²) in [4.78, 5) is 133. The standard InChI is InChI=1S/C22H25ClF3N7O3S.C22H21ClF3N7O2.C18H14ClF5N6O.C18H15ClF4N6O.4H2/c1-2-3-8-37(35,36)32-6-7-33(17(12-32)21(34)30-13-22(24,25)26)18-4-5-27-20(31-18)16-11-29-19-15(16)9-14(23)10-28-19;23-13-7-14-15(9-29-18(14)28-8-13)19-27-4-3-17(31-19)33-6-5-32(21(35)12-1-2-12)10-16(33)20(34)30-11-22(24,25)26;19-9-3-10-11(6-27-14(10)26-5-9)15-25-2-1-13(29-15)30-8-17(20,21)4-12(30)16(31)28-7-18(22,23)24;19-9-3-11-12(6-26-15(11)25-5-9)16-24-2-1-14(28-16)29-7-10(20)4-13(29)17(30)27-8-18(21,22)23;;;;/h4-5,9-11,17H,2-3,6-8,12-13H2,1H3,(H,28,29)(H,30,34);3-4,7-9,12,16H,1-2,5-6,10-11H2,(H,28,29)(H,30,34);1-3,5-6,12H,4,7-8H2,(H,26,27)(H,28,31);1-3,5-6,10,13H,4,7-8H2,(H,25,26)(H,27,30);4*1H/t17-;16-;12-;10-,13+;;;;/m1110..../s1. The van der Waals surface area contributed by atoms with Crippen LogP contribution in [0.3, 0.4) is 0 Å². The average Bonchev–Trinajstić information content (AvgIpc) is 1.64. The Balaban J connectivity index is 0.000000187. The molecule has 4 aliphatic heterocycles. The van der Waals surface area contributed by atoms with E-state index in [1.165, 1.54) is 77.6 Å². The number of nitrogens with one attached hydrogen (secondary N) is 8. The Bertz CT molecular complexity index is 6420. The zero-order valence-electron chi connectivity index (χ0n) is 68.9. The molecule has 0 spiro atoms. The third-order valence-electron chi connectivity index (χ3n) is 21.4. The molecule has 33 nitrogen and oxygen atoms in total. The van der Waals surface area contributed by atoms with Crippen LogP contribution in [0.4, 0.5) is 89.1 Å². The van der Waals surface area contributed by atoms with E-state index in [0.29, 0.717) is 118 Å². The number of alkyl halides is 15. The molecule has 5 aliphatic rings. The lowest BCUT2D eigenvalue weighted by molar-refractivity contribution is -0.141. The number of carbonyl (C=O) groups is 5. The molecule has 12 aromatic heterocycles. The molecule has 17 rings (SSSR count). The number of piperazine rings is 2. The summed E-state index contributed by atoms with van der Waals surface area (Å²) >= 11 is 24.2. The molecule has 1 saturated carbocycles. The van der Waals surface area contributed by atoms with Gasteiger partial charge in [0.15, 0.2) is 23.3 Å². The fourth-order valence-electron chi connectivity index (χ4n) is 15.0. The van der Waals surface area contributed by atoms with E-state index in [2.05, 4.69) is 79.7 Å². The molecule has 12 aromatic rings. The fourth-order valence-corrected chi connectivity index (χ4v) is 17.3. The number of aromatic nitrogens is 16. The third-order valence-corrected chi connectivity index (χ3v) is 24.1. The largest absolute Gasteiger partial charge is 0.405 e. The van der Waals surface area contributed by atoms with Crippen LogP contribution in [0, 0.1) is 5.92 Å². The second-order valence-electron chi connectivity index (χ2n) is 31.0. The van der Waals surface area contributed by atoms with Crippen LogP contribution in [0.25, 0.3) is 89.7 Å². The number of H-pyrrole nitrogens is 4. The molecular formula is C80H83Cl4F15N26O7S. The first kappa shape index (κ1) is 96.7. The van der Waals surface area contributed by atoms with Crippen molar-refractivity contribution < 1.29 is 104 Å². The summed E-state index contributed by atoms with van der Waals surface area (Å²) in [5.41, 5.74) is 4.54. The maximum atomic E-state index is 14.1. The number of sulfonamides is 1. The molecule has 8 N–H and O–H groups in total. The van der Waals surface area contributed by atoms with E-state index in [9.17, 15) is 98.2 Å². The Morgan fingerprint density at radius 1 is 0.459 bits per heavy atom. The van der Waals surface area contributed by atoms with Gasteiger partial charge in [0.05, 0.1) is 45.5 Å². The number of hydrogen-bond donors (Lipinski definition) is 8. The van der Waals surface area contributed by atoms with E-state index in [1.54, 1.807) is 70.2 Å². The molecule has 16 heterocycles. The molecule has 133 heavy (non-hydrogen) atoms.